The lowest BCUT2D eigenvalue weighted by Gasteiger charge is -2.00. The molecule has 0 rings (SSSR count). The smallest absolute Gasteiger partial charge is 0.186 e. The first-order chi connectivity index (χ1) is 3.68. The summed E-state index contributed by atoms with van der Waals surface area (Å²) in [5, 5.41) is 1.89. The Hall–Kier alpha value is 0.290. The van der Waals surface area contributed by atoms with Crippen LogP contribution in [0.25, 0.3) is 0 Å². The zero-order valence-corrected chi connectivity index (χ0v) is 5.38. The van der Waals surface area contributed by atoms with Gasteiger partial charge in [0, 0.05) is 0 Å². The number of alkyl halides is 2. The maximum Gasteiger partial charge on any atom is 0.186 e. The lowest BCUT2D eigenvalue weighted by atomic mass is 11.2. The topological polar surface area (TPSA) is 49.3 Å². The summed E-state index contributed by atoms with van der Waals surface area (Å²) in [5.41, 5.74) is 0. The van der Waals surface area contributed by atoms with E-state index >= 15 is 0 Å². The van der Waals surface area contributed by atoms with Crippen molar-refractivity contribution in [2.45, 2.75) is 4.83 Å². The van der Waals surface area contributed by atoms with Crippen molar-refractivity contribution >= 4 is 22.7 Å². The maximum atomic E-state index is 11.2. The largest absolute Gasteiger partial charge is 0.304 e. The molecule has 6 heteroatoms. The number of nitrogens with one attached hydrogen (secondary N) is 1. The van der Waals surface area contributed by atoms with E-state index in [1.807, 2.05) is 5.32 Å². The van der Waals surface area contributed by atoms with E-state index in [0.717, 1.165) is 0 Å². The van der Waals surface area contributed by atoms with Gasteiger partial charge in [-0.1, -0.05) is 11.6 Å². The van der Waals surface area contributed by atoms with Crippen LogP contribution >= 0.6 is 11.6 Å². The van der Waals surface area contributed by atoms with E-state index in [-0.39, 0.29) is 0 Å². The summed E-state index contributed by atoms with van der Waals surface area (Å²) >= 11 is 2.82. The van der Waals surface area contributed by atoms with Crippen LogP contribution in [0, 0.1) is 0 Å². The normalized spacial score (nSPS) is 17.9. The van der Waals surface area contributed by atoms with E-state index < -0.39 is 22.7 Å². The predicted molar refractivity (Wildman–Crippen MR) is 29.5 cm³/mol. The summed E-state index contributed by atoms with van der Waals surface area (Å²) in [7, 11) is 0. The molecule has 0 saturated heterocycles. The van der Waals surface area contributed by atoms with E-state index in [0.29, 0.717) is 0 Å². The van der Waals surface area contributed by atoms with Gasteiger partial charge in [0.05, 0.1) is 0 Å². The van der Waals surface area contributed by atoms with Gasteiger partial charge in [0.15, 0.2) is 15.9 Å². The molecule has 0 aromatic carbocycles. The van der Waals surface area contributed by atoms with Crippen molar-refractivity contribution in [3.05, 3.63) is 0 Å². The minimum Gasteiger partial charge on any atom is -0.304 e. The lowest BCUT2D eigenvalue weighted by Crippen LogP contribution is -2.26. The second-order valence-electron chi connectivity index (χ2n) is 0.930. The molecule has 0 aromatic heterocycles. The molecule has 0 aromatic rings. The van der Waals surface area contributed by atoms with Crippen LogP contribution in [0.15, 0.2) is 0 Å². The quantitative estimate of drug-likeness (QED) is 0.354. The van der Waals surface area contributed by atoms with Gasteiger partial charge in [0.25, 0.3) is 0 Å². The number of hydrogen-bond donors (Lipinski definition) is 2. The molecule has 0 fully saturated rings. The molecule has 2 N–H and O–H groups in total. The molecule has 50 valence electrons. The predicted octanol–water partition coefficient (Wildman–Crippen LogP) is 0.247. The summed E-state index contributed by atoms with van der Waals surface area (Å²) < 4.78 is 29.1. The van der Waals surface area contributed by atoms with Gasteiger partial charge >= 0.3 is 0 Å². The van der Waals surface area contributed by atoms with E-state index in [2.05, 4.69) is 0 Å². The molecule has 0 aliphatic rings. The van der Waals surface area contributed by atoms with Gasteiger partial charge < -0.3 is 4.55 Å². The molecule has 0 aliphatic heterocycles. The van der Waals surface area contributed by atoms with Crippen LogP contribution in [0.2, 0.25) is 0 Å². The van der Waals surface area contributed by atoms with Crippen LogP contribution in [0.3, 0.4) is 0 Å². The van der Waals surface area contributed by atoms with Crippen LogP contribution in [-0.4, -0.2) is 20.4 Å². The van der Waals surface area contributed by atoms with Crippen molar-refractivity contribution in [2.75, 3.05) is 6.80 Å². The summed E-state index contributed by atoms with van der Waals surface area (Å²) in [5.74, 6) is 0. The summed E-state index contributed by atoms with van der Waals surface area (Å²) in [6.45, 7) is -0.902. The van der Waals surface area contributed by atoms with Crippen LogP contribution in [-0.2, 0) is 11.1 Å². The van der Waals surface area contributed by atoms with Gasteiger partial charge in [-0.15, -0.1) is 0 Å². The van der Waals surface area contributed by atoms with E-state index in [4.69, 9.17) is 16.2 Å². The van der Waals surface area contributed by atoms with Crippen LogP contribution < -0.4 is 5.32 Å². The molecule has 0 spiro atoms. The maximum absolute atomic E-state index is 11.2. The van der Waals surface area contributed by atoms with Crippen molar-refractivity contribution in [2.24, 2.45) is 0 Å². The summed E-state index contributed by atoms with van der Waals surface area (Å²) in [6, 6.07) is 0. The van der Waals surface area contributed by atoms with Crippen molar-refractivity contribution in [1.82, 2.24) is 5.32 Å². The van der Waals surface area contributed by atoms with Gasteiger partial charge in [-0.2, -0.15) is 0 Å². The van der Waals surface area contributed by atoms with Gasteiger partial charge in [0.2, 0.25) is 0 Å². The standard InChI is InChI=1S/C2H5ClFNO2S/c3-2(5-1-4)8(6)7/h2,5H,1H2,(H,6,7). The first-order valence-electron chi connectivity index (χ1n) is 1.71. The minimum absolute atomic E-state index is 0.902. The van der Waals surface area contributed by atoms with E-state index in [1.165, 1.54) is 0 Å². The number of halogens is 2. The Labute approximate surface area is 53.5 Å². The molecular weight excluding hydrogens is 157 g/mol. The molecule has 0 aliphatic carbocycles. The van der Waals surface area contributed by atoms with Crippen molar-refractivity contribution in [3.63, 3.8) is 0 Å². The highest BCUT2D eigenvalue weighted by atomic mass is 35.5. The number of rotatable bonds is 3. The summed E-state index contributed by atoms with van der Waals surface area (Å²) in [4.78, 5) is -1.21. The fourth-order valence-electron chi connectivity index (χ4n) is 0.132. The number of hydrogen-bond acceptors (Lipinski definition) is 2. The van der Waals surface area contributed by atoms with Crippen LogP contribution in [0.5, 0.6) is 0 Å². The molecule has 0 bridgehead atoms. The molecule has 2 unspecified atom stereocenters. The first kappa shape index (κ1) is 8.29. The Morgan fingerprint density at radius 2 is 2.50 bits per heavy atom. The third-order valence-corrected chi connectivity index (χ3v) is 1.55. The monoisotopic (exact) mass is 161 g/mol. The van der Waals surface area contributed by atoms with E-state index in [1.54, 1.807) is 0 Å². The second-order valence-corrected chi connectivity index (χ2v) is 2.65. The first-order valence-corrected chi connectivity index (χ1v) is 3.32. The minimum atomic E-state index is -2.20. The second kappa shape index (κ2) is 4.20. The molecule has 2 atom stereocenters. The Bertz CT molecular complexity index is 92.1. The van der Waals surface area contributed by atoms with Crippen molar-refractivity contribution in [3.8, 4) is 0 Å². The molecule has 0 amide bonds. The molecule has 8 heavy (non-hydrogen) atoms. The fraction of sp³-hybridized carbons (Fsp3) is 1.00. The highest BCUT2D eigenvalue weighted by molar-refractivity contribution is 7.81. The highest BCUT2D eigenvalue weighted by Gasteiger charge is 2.07. The highest BCUT2D eigenvalue weighted by Crippen LogP contribution is 1.92. The van der Waals surface area contributed by atoms with E-state index in [9.17, 15) is 8.60 Å². The van der Waals surface area contributed by atoms with Crippen molar-refractivity contribution in [1.29, 1.82) is 0 Å². The Morgan fingerprint density at radius 3 is 2.62 bits per heavy atom. The summed E-state index contributed by atoms with van der Waals surface area (Å²) in [6.07, 6.45) is 0. The third kappa shape index (κ3) is 3.31. The molecule has 0 saturated carbocycles. The average molecular weight is 162 g/mol. The van der Waals surface area contributed by atoms with Gasteiger partial charge in [-0.3, -0.25) is 5.32 Å². The average Bonchev–Trinajstić information content (AvgIpc) is 1.67. The van der Waals surface area contributed by atoms with Crippen LogP contribution in [0.4, 0.5) is 4.39 Å². The Kier molecular flexibility index (Phi) is 4.35. The zero-order valence-electron chi connectivity index (χ0n) is 3.80. The molecule has 0 heterocycles. The zero-order chi connectivity index (χ0) is 6.57. The Balaban J connectivity index is 3.32. The molecule has 0 radical (unpaired) electrons. The van der Waals surface area contributed by atoms with Crippen molar-refractivity contribution < 1.29 is 13.2 Å². The fourth-order valence-corrected chi connectivity index (χ4v) is 0.396. The lowest BCUT2D eigenvalue weighted by molar-refractivity contribution is 0.431. The van der Waals surface area contributed by atoms with Gasteiger partial charge in [-0.05, 0) is 0 Å². The molecular formula is C2H5ClFNO2S. The third-order valence-electron chi connectivity index (χ3n) is 0.415. The van der Waals surface area contributed by atoms with Gasteiger partial charge in [0.1, 0.15) is 6.80 Å². The van der Waals surface area contributed by atoms with Crippen LogP contribution in [0.1, 0.15) is 0 Å². The van der Waals surface area contributed by atoms with Gasteiger partial charge in [-0.25, -0.2) is 8.60 Å². The Morgan fingerprint density at radius 1 is 2.00 bits per heavy atom. The SMILES string of the molecule is O=S(O)C(Cl)NCF. The molecule has 3 nitrogen and oxygen atoms in total.